The monoisotopic (exact) mass is 252 g/mol. The molecule has 0 amide bonds. The van der Waals surface area contributed by atoms with E-state index in [4.69, 9.17) is 9.47 Å². The zero-order chi connectivity index (χ0) is 13.5. The highest BCUT2D eigenvalue weighted by atomic mass is 16.6. The van der Waals surface area contributed by atoms with Gasteiger partial charge in [0, 0.05) is 18.9 Å². The second-order valence-electron chi connectivity index (χ2n) is 3.69. The summed E-state index contributed by atoms with van der Waals surface area (Å²) in [5.41, 5.74) is 0.414. The molecule has 1 aromatic carbocycles. The van der Waals surface area contributed by atoms with Gasteiger partial charge in [-0.2, -0.15) is 0 Å². The molecule has 0 aliphatic carbocycles. The highest BCUT2D eigenvalue weighted by Gasteiger charge is 2.19. The van der Waals surface area contributed by atoms with E-state index in [9.17, 15) is 14.7 Å². The van der Waals surface area contributed by atoms with Gasteiger partial charge in [0.25, 0.3) is 0 Å². The van der Waals surface area contributed by atoms with E-state index >= 15 is 0 Å². The van der Waals surface area contributed by atoms with Crippen molar-refractivity contribution < 1.29 is 24.2 Å². The first-order valence-electron chi connectivity index (χ1n) is 5.65. The molecule has 0 radical (unpaired) electrons. The molecule has 0 heterocycles. The average Bonchev–Trinajstić information content (AvgIpc) is 2.34. The van der Waals surface area contributed by atoms with Gasteiger partial charge in [0.1, 0.15) is 12.4 Å². The van der Waals surface area contributed by atoms with Crippen molar-refractivity contribution >= 4 is 11.9 Å². The Morgan fingerprint density at radius 3 is 2.56 bits per heavy atom. The molecule has 98 valence electrons. The van der Waals surface area contributed by atoms with E-state index < -0.39 is 12.1 Å². The van der Waals surface area contributed by atoms with Gasteiger partial charge in [-0.25, -0.2) is 0 Å². The quantitative estimate of drug-likeness (QED) is 0.811. The number of rotatable bonds is 5. The number of hydrogen-bond donors (Lipinski definition) is 1. The van der Waals surface area contributed by atoms with E-state index in [1.807, 2.05) is 0 Å². The van der Waals surface area contributed by atoms with Gasteiger partial charge in [0.05, 0.1) is 0 Å². The minimum atomic E-state index is -0.792. The van der Waals surface area contributed by atoms with Crippen molar-refractivity contribution in [2.75, 3.05) is 6.61 Å². The summed E-state index contributed by atoms with van der Waals surface area (Å²) in [7, 11) is 0. The van der Waals surface area contributed by atoms with Crippen molar-refractivity contribution in [2.45, 2.75) is 26.4 Å². The number of phenolic OH excluding ortho intramolecular Hbond substituents is 1. The van der Waals surface area contributed by atoms with Crippen LogP contribution in [0.5, 0.6) is 5.75 Å². The van der Waals surface area contributed by atoms with Crippen LogP contribution in [0.3, 0.4) is 0 Å². The molecule has 1 rings (SSSR count). The Morgan fingerprint density at radius 1 is 1.33 bits per heavy atom. The number of ether oxygens (including phenoxy) is 2. The van der Waals surface area contributed by atoms with Crippen LogP contribution >= 0.6 is 0 Å². The zero-order valence-electron chi connectivity index (χ0n) is 10.4. The highest BCUT2D eigenvalue weighted by molar-refractivity contribution is 5.69. The highest BCUT2D eigenvalue weighted by Crippen LogP contribution is 2.26. The first-order chi connectivity index (χ1) is 8.54. The summed E-state index contributed by atoms with van der Waals surface area (Å²) in [6.45, 7) is 2.82. The van der Waals surface area contributed by atoms with E-state index in [1.165, 1.54) is 13.0 Å². The van der Waals surface area contributed by atoms with Crippen molar-refractivity contribution in [2.24, 2.45) is 0 Å². The van der Waals surface area contributed by atoms with Gasteiger partial charge in [-0.15, -0.1) is 0 Å². The second kappa shape index (κ2) is 6.64. The Bertz CT molecular complexity index is 427. The van der Waals surface area contributed by atoms with Crippen molar-refractivity contribution in [3.05, 3.63) is 29.8 Å². The largest absolute Gasteiger partial charge is 0.508 e. The smallest absolute Gasteiger partial charge is 0.305 e. The van der Waals surface area contributed by atoms with Gasteiger partial charge >= 0.3 is 11.9 Å². The molecule has 0 saturated heterocycles. The molecule has 5 heteroatoms. The maximum absolute atomic E-state index is 11.1. The fraction of sp³-hybridized carbons (Fsp3) is 0.385. The predicted molar refractivity (Wildman–Crippen MR) is 63.9 cm³/mol. The summed E-state index contributed by atoms with van der Waals surface area (Å²) >= 11 is 0. The first kappa shape index (κ1) is 14.0. The Kier molecular flexibility index (Phi) is 5.17. The molecule has 1 N–H and O–H groups in total. The minimum Gasteiger partial charge on any atom is -0.508 e. The van der Waals surface area contributed by atoms with Crippen LogP contribution in [0.15, 0.2) is 24.3 Å². The Morgan fingerprint density at radius 2 is 2.00 bits per heavy atom. The minimum absolute atomic E-state index is 0.00343. The molecule has 0 fully saturated rings. The van der Waals surface area contributed by atoms with Crippen molar-refractivity contribution in [3.8, 4) is 5.75 Å². The van der Waals surface area contributed by atoms with Crippen LogP contribution < -0.4 is 0 Å². The first-order valence-corrected chi connectivity index (χ1v) is 5.65. The summed E-state index contributed by atoms with van der Waals surface area (Å²) in [6, 6.07) is 6.45. The van der Waals surface area contributed by atoms with Gasteiger partial charge in [-0.05, 0) is 6.07 Å². The molecule has 0 aliphatic heterocycles. The standard InChI is InChI=1S/C13H16O5/c1-3-13(16)17-8-12(18-9(2)14)10-6-4-5-7-11(10)15/h4-7,12,15H,3,8H2,1-2H3. The second-order valence-corrected chi connectivity index (χ2v) is 3.69. The maximum atomic E-state index is 11.1. The molecule has 1 atom stereocenters. The van der Waals surface area contributed by atoms with Crippen LogP contribution in [0.4, 0.5) is 0 Å². The lowest BCUT2D eigenvalue weighted by atomic mass is 10.1. The predicted octanol–water partition coefficient (Wildman–Crippen LogP) is 1.95. The summed E-state index contributed by atoms with van der Waals surface area (Å²) in [4.78, 5) is 22.1. The van der Waals surface area contributed by atoms with Gasteiger partial charge in [0.2, 0.25) is 0 Å². The van der Waals surface area contributed by atoms with Crippen molar-refractivity contribution in [3.63, 3.8) is 0 Å². The number of esters is 2. The number of carbonyl (C=O) groups is 2. The molecular formula is C13H16O5. The van der Waals surface area contributed by atoms with E-state index in [1.54, 1.807) is 25.1 Å². The molecule has 1 unspecified atom stereocenters. The topological polar surface area (TPSA) is 72.8 Å². The van der Waals surface area contributed by atoms with Crippen molar-refractivity contribution in [1.82, 2.24) is 0 Å². The lowest BCUT2D eigenvalue weighted by Crippen LogP contribution is -2.17. The van der Waals surface area contributed by atoms with Gasteiger partial charge in [0.15, 0.2) is 6.10 Å². The summed E-state index contributed by atoms with van der Waals surface area (Å²) in [5, 5.41) is 9.68. The Labute approximate surface area is 105 Å². The zero-order valence-corrected chi connectivity index (χ0v) is 10.4. The third-order valence-electron chi connectivity index (χ3n) is 2.28. The molecular weight excluding hydrogens is 236 g/mol. The average molecular weight is 252 g/mol. The van der Waals surface area contributed by atoms with E-state index in [0.717, 1.165) is 0 Å². The molecule has 0 saturated carbocycles. The molecule has 0 spiro atoms. The summed E-state index contributed by atoms with van der Waals surface area (Å²) in [6.07, 6.45) is -0.549. The number of carbonyl (C=O) groups excluding carboxylic acids is 2. The van der Waals surface area contributed by atoms with E-state index in [-0.39, 0.29) is 24.7 Å². The van der Waals surface area contributed by atoms with E-state index in [2.05, 4.69) is 0 Å². The number of phenols is 1. The summed E-state index contributed by atoms with van der Waals surface area (Å²) < 4.78 is 9.97. The summed E-state index contributed by atoms with van der Waals surface area (Å²) in [5.74, 6) is -0.894. The number of benzene rings is 1. The third-order valence-corrected chi connectivity index (χ3v) is 2.28. The SMILES string of the molecule is CCC(=O)OCC(OC(C)=O)c1ccccc1O. The molecule has 0 bridgehead atoms. The van der Waals surface area contributed by atoms with E-state index in [0.29, 0.717) is 5.56 Å². The molecule has 0 aliphatic rings. The maximum Gasteiger partial charge on any atom is 0.305 e. The van der Waals surface area contributed by atoms with Crippen LogP contribution in [-0.4, -0.2) is 23.7 Å². The van der Waals surface area contributed by atoms with Gasteiger partial charge < -0.3 is 14.6 Å². The molecule has 18 heavy (non-hydrogen) atoms. The van der Waals surface area contributed by atoms with Gasteiger partial charge in [-0.1, -0.05) is 25.1 Å². The number of para-hydroxylation sites is 1. The van der Waals surface area contributed by atoms with Crippen LogP contribution in [0.25, 0.3) is 0 Å². The van der Waals surface area contributed by atoms with Gasteiger partial charge in [-0.3, -0.25) is 9.59 Å². The number of aromatic hydroxyl groups is 1. The molecule has 5 nitrogen and oxygen atoms in total. The van der Waals surface area contributed by atoms with Crippen LogP contribution in [0, 0.1) is 0 Å². The molecule has 0 aromatic heterocycles. The fourth-order valence-corrected chi connectivity index (χ4v) is 1.42. The van der Waals surface area contributed by atoms with Crippen molar-refractivity contribution in [1.29, 1.82) is 0 Å². The third kappa shape index (κ3) is 4.08. The lowest BCUT2D eigenvalue weighted by Gasteiger charge is -2.18. The van der Waals surface area contributed by atoms with Crippen LogP contribution in [0.2, 0.25) is 0 Å². The van der Waals surface area contributed by atoms with Crippen LogP contribution in [0.1, 0.15) is 31.9 Å². The lowest BCUT2D eigenvalue weighted by molar-refractivity contribution is -0.157. The Balaban J connectivity index is 2.81. The molecule has 1 aromatic rings. The normalized spacial score (nSPS) is 11.7. The Hall–Kier alpha value is -2.04. The van der Waals surface area contributed by atoms with Crippen LogP contribution in [-0.2, 0) is 19.1 Å². The fourth-order valence-electron chi connectivity index (χ4n) is 1.42. The number of hydrogen-bond acceptors (Lipinski definition) is 5.